The maximum atomic E-state index is 12.2. The Labute approximate surface area is 161 Å². The van der Waals surface area contributed by atoms with Crippen molar-refractivity contribution in [1.29, 1.82) is 0 Å². The highest BCUT2D eigenvalue weighted by Gasteiger charge is 2.22. The molecule has 0 aliphatic rings. The van der Waals surface area contributed by atoms with Crippen molar-refractivity contribution in [2.75, 3.05) is 13.2 Å². The third-order valence-electron chi connectivity index (χ3n) is 3.49. The molecule has 0 bridgehead atoms. The second-order valence-electron chi connectivity index (χ2n) is 5.18. The molecule has 1 heterocycles. The van der Waals surface area contributed by atoms with Gasteiger partial charge in [-0.1, -0.05) is 23.2 Å². The van der Waals surface area contributed by atoms with Crippen LogP contribution in [0.2, 0.25) is 10.0 Å². The second-order valence-corrected chi connectivity index (χ2v) is 6.02. The van der Waals surface area contributed by atoms with E-state index in [4.69, 9.17) is 32.7 Å². The van der Waals surface area contributed by atoms with Gasteiger partial charge in [0.05, 0.1) is 29.5 Å². The summed E-state index contributed by atoms with van der Waals surface area (Å²) < 4.78 is 11.5. The number of carbonyl (C=O) groups is 2. The van der Waals surface area contributed by atoms with E-state index >= 15 is 0 Å². The summed E-state index contributed by atoms with van der Waals surface area (Å²) in [5.41, 5.74) is 1.40. The summed E-state index contributed by atoms with van der Waals surface area (Å²) in [6, 6.07) is 6.30. The van der Waals surface area contributed by atoms with Crippen molar-refractivity contribution in [3.8, 4) is 0 Å². The first-order valence-electron chi connectivity index (χ1n) is 7.94. The summed E-state index contributed by atoms with van der Waals surface area (Å²) >= 11 is 12.0. The summed E-state index contributed by atoms with van der Waals surface area (Å²) in [6.07, 6.45) is 1.40. The van der Waals surface area contributed by atoms with Crippen LogP contribution >= 0.6 is 23.2 Å². The van der Waals surface area contributed by atoms with E-state index in [2.05, 4.69) is 4.99 Å². The second kappa shape index (κ2) is 8.87. The van der Waals surface area contributed by atoms with Crippen LogP contribution in [0.1, 0.15) is 40.4 Å². The number of nitrogens with zero attached hydrogens (tertiary/aromatic N) is 2. The van der Waals surface area contributed by atoms with E-state index in [0.29, 0.717) is 21.4 Å². The highest BCUT2D eigenvalue weighted by atomic mass is 35.5. The molecule has 0 amide bonds. The number of carbonyl (C=O) groups excluding carboxylic acids is 2. The van der Waals surface area contributed by atoms with Crippen LogP contribution in [0.15, 0.2) is 29.3 Å². The number of aromatic nitrogens is 1. The first-order valence-corrected chi connectivity index (χ1v) is 8.69. The van der Waals surface area contributed by atoms with Crippen LogP contribution < -0.4 is 0 Å². The molecule has 0 radical (unpaired) electrons. The van der Waals surface area contributed by atoms with Gasteiger partial charge < -0.3 is 9.47 Å². The fourth-order valence-corrected chi connectivity index (χ4v) is 2.71. The fraction of sp³-hybridized carbons (Fsp3) is 0.278. The number of ether oxygens (including phenoxy) is 2. The van der Waals surface area contributed by atoms with Gasteiger partial charge in [-0.05, 0) is 45.0 Å². The van der Waals surface area contributed by atoms with Crippen LogP contribution in [0.25, 0.3) is 0 Å². The van der Waals surface area contributed by atoms with Crippen LogP contribution in [0.4, 0.5) is 5.69 Å². The SMILES string of the molecule is CCOC(=O)c1cc(C(=O)OCC)n(C=Nc2ccc(Cl)cc2Cl)c1C. The van der Waals surface area contributed by atoms with Crippen LogP contribution in [0.5, 0.6) is 0 Å². The Bertz CT molecular complexity index is 859. The normalized spacial score (nSPS) is 11.0. The van der Waals surface area contributed by atoms with Gasteiger partial charge in [-0.3, -0.25) is 4.57 Å². The monoisotopic (exact) mass is 396 g/mol. The maximum Gasteiger partial charge on any atom is 0.355 e. The minimum absolute atomic E-state index is 0.168. The molecule has 8 heteroatoms. The molecule has 26 heavy (non-hydrogen) atoms. The van der Waals surface area contributed by atoms with Gasteiger partial charge in [-0.25, -0.2) is 14.6 Å². The van der Waals surface area contributed by atoms with Crippen LogP contribution in [0.3, 0.4) is 0 Å². The van der Waals surface area contributed by atoms with Gasteiger partial charge in [0.25, 0.3) is 0 Å². The quantitative estimate of drug-likeness (QED) is 0.404. The lowest BCUT2D eigenvalue weighted by Crippen LogP contribution is -2.13. The van der Waals surface area contributed by atoms with Gasteiger partial charge >= 0.3 is 11.9 Å². The number of rotatable bonds is 6. The zero-order valence-corrected chi connectivity index (χ0v) is 16.1. The molecule has 0 saturated heterocycles. The first-order chi connectivity index (χ1) is 12.4. The molecular weight excluding hydrogens is 379 g/mol. The van der Waals surface area contributed by atoms with Gasteiger partial charge in [0.2, 0.25) is 0 Å². The van der Waals surface area contributed by atoms with Crippen LogP contribution in [-0.2, 0) is 9.47 Å². The molecule has 6 nitrogen and oxygen atoms in total. The zero-order valence-electron chi connectivity index (χ0n) is 14.6. The molecule has 1 aromatic heterocycles. The van der Waals surface area contributed by atoms with E-state index < -0.39 is 11.9 Å². The van der Waals surface area contributed by atoms with Gasteiger partial charge in [0.15, 0.2) is 0 Å². The predicted octanol–water partition coefficient (Wildman–Crippen LogP) is 4.66. The molecule has 0 fully saturated rings. The average molecular weight is 397 g/mol. The number of hydrogen-bond acceptors (Lipinski definition) is 5. The Kier molecular flexibility index (Phi) is 6.83. The highest BCUT2D eigenvalue weighted by Crippen LogP contribution is 2.28. The summed E-state index contributed by atoms with van der Waals surface area (Å²) in [4.78, 5) is 28.6. The third kappa shape index (κ3) is 4.45. The van der Waals surface area contributed by atoms with Gasteiger partial charge in [0, 0.05) is 10.7 Å². The van der Waals surface area contributed by atoms with Crippen molar-refractivity contribution in [3.63, 3.8) is 0 Å². The van der Waals surface area contributed by atoms with Crippen molar-refractivity contribution in [3.05, 3.63) is 51.3 Å². The molecule has 0 unspecified atom stereocenters. The zero-order chi connectivity index (χ0) is 19.3. The van der Waals surface area contributed by atoms with E-state index in [9.17, 15) is 9.59 Å². The molecule has 0 atom stereocenters. The topological polar surface area (TPSA) is 69.9 Å². The Hall–Kier alpha value is -2.31. The summed E-state index contributed by atoms with van der Waals surface area (Å²) in [6.45, 7) is 5.53. The summed E-state index contributed by atoms with van der Waals surface area (Å²) in [5, 5.41) is 0.852. The molecule has 138 valence electrons. The van der Waals surface area contributed by atoms with E-state index in [1.807, 2.05) is 0 Å². The van der Waals surface area contributed by atoms with Gasteiger partial charge in [-0.2, -0.15) is 0 Å². The van der Waals surface area contributed by atoms with Gasteiger partial charge in [0.1, 0.15) is 12.0 Å². The number of esters is 2. The minimum Gasteiger partial charge on any atom is -0.462 e. The third-order valence-corrected chi connectivity index (χ3v) is 4.03. The Morgan fingerprint density at radius 2 is 1.77 bits per heavy atom. The van der Waals surface area contributed by atoms with E-state index in [1.54, 1.807) is 39.0 Å². The van der Waals surface area contributed by atoms with Crippen LogP contribution in [-0.4, -0.2) is 36.1 Å². The Morgan fingerprint density at radius 3 is 2.38 bits per heavy atom. The lowest BCUT2D eigenvalue weighted by atomic mass is 10.2. The largest absolute Gasteiger partial charge is 0.462 e. The van der Waals surface area contributed by atoms with Crippen molar-refractivity contribution in [2.45, 2.75) is 20.8 Å². The van der Waals surface area contributed by atoms with Crippen LogP contribution in [0, 0.1) is 6.92 Å². The Morgan fingerprint density at radius 1 is 1.12 bits per heavy atom. The van der Waals surface area contributed by atoms with E-state index in [1.165, 1.54) is 17.0 Å². The molecule has 1 aromatic carbocycles. The number of aliphatic imine (C=N–C) groups is 1. The lowest BCUT2D eigenvalue weighted by molar-refractivity contribution is 0.0516. The Balaban J connectivity index is 2.49. The first kappa shape index (κ1) is 20.0. The average Bonchev–Trinajstić information content (AvgIpc) is 2.91. The molecule has 0 N–H and O–H groups in total. The van der Waals surface area contributed by atoms with Crippen molar-refractivity contribution >= 4 is 47.2 Å². The maximum absolute atomic E-state index is 12.2. The predicted molar refractivity (Wildman–Crippen MR) is 101 cm³/mol. The smallest absolute Gasteiger partial charge is 0.355 e. The van der Waals surface area contributed by atoms with Crippen molar-refractivity contribution in [2.24, 2.45) is 4.99 Å². The highest BCUT2D eigenvalue weighted by molar-refractivity contribution is 6.36. The molecule has 0 spiro atoms. The molecule has 2 aromatic rings. The van der Waals surface area contributed by atoms with Crippen molar-refractivity contribution < 1.29 is 19.1 Å². The number of hydrogen-bond donors (Lipinski definition) is 0. The van der Waals surface area contributed by atoms with E-state index in [0.717, 1.165) is 0 Å². The van der Waals surface area contributed by atoms with Crippen molar-refractivity contribution in [1.82, 2.24) is 4.57 Å². The van der Waals surface area contributed by atoms with E-state index in [-0.39, 0.29) is 24.5 Å². The van der Waals surface area contributed by atoms with Gasteiger partial charge in [-0.15, -0.1) is 0 Å². The molecular formula is C18H18Cl2N2O4. The molecule has 2 rings (SSSR count). The number of halogens is 2. The fourth-order valence-electron chi connectivity index (χ4n) is 2.25. The molecule has 0 saturated carbocycles. The standard InChI is InChI=1S/C18H18Cl2N2O4/c1-4-25-17(23)13-9-16(18(24)26-5-2)22(11(13)3)10-21-15-7-6-12(19)8-14(15)20/h6-10H,4-5H2,1-3H3. The summed E-state index contributed by atoms with van der Waals surface area (Å²) in [5.74, 6) is -1.09. The number of benzene rings is 1. The lowest BCUT2D eigenvalue weighted by Gasteiger charge is -2.06. The molecule has 0 aliphatic carbocycles. The molecule has 0 aliphatic heterocycles. The minimum atomic E-state index is -0.570. The summed E-state index contributed by atoms with van der Waals surface area (Å²) in [7, 11) is 0.